The van der Waals surface area contributed by atoms with Crippen LogP contribution >= 0.6 is 11.6 Å². The molecule has 0 aliphatic heterocycles. The molecule has 0 heterocycles. The summed E-state index contributed by atoms with van der Waals surface area (Å²) in [6, 6.07) is 3.55. The molecule has 7 heteroatoms. The molecule has 0 unspecified atom stereocenters. The average Bonchev–Trinajstić information content (AvgIpc) is 2.24. The smallest absolute Gasteiger partial charge is 0.411 e. The van der Waals surface area contributed by atoms with Crippen LogP contribution < -0.4 is 4.74 Å². The lowest BCUT2D eigenvalue weighted by Gasteiger charge is -2.11. The Bertz CT molecular complexity index is 368. The van der Waals surface area contributed by atoms with Gasteiger partial charge in [0.25, 0.3) is 0 Å². The van der Waals surface area contributed by atoms with Gasteiger partial charge in [-0.1, -0.05) is 0 Å². The highest BCUT2D eigenvalue weighted by Gasteiger charge is 2.27. The van der Waals surface area contributed by atoms with E-state index in [0.29, 0.717) is 5.56 Å². The van der Waals surface area contributed by atoms with Gasteiger partial charge in [-0.3, -0.25) is 0 Å². The van der Waals surface area contributed by atoms with Crippen molar-refractivity contribution in [1.82, 2.24) is 0 Å². The number of ether oxygens (including phenoxy) is 2. The third-order valence-corrected chi connectivity index (χ3v) is 2.02. The van der Waals surface area contributed by atoms with Gasteiger partial charge in [0.15, 0.2) is 6.79 Å². The second-order valence-corrected chi connectivity index (χ2v) is 3.38. The van der Waals surface area contributed by atoms with E-state index in [4.69, 9.17) is 16.3 Å². The van der Waals surface area contributed by atoms with Gasteiger partial charge in [0.2, 0.25) is 0 Å². The lowest BCUT2D eigenvalue weighted by atomic mass is 10.2. The molecule has 0 saturated carbocycles. The molecule has 0 atom stereocenters. The highest BCUT2D eigenvalue weighted by molar-refractivity contribution is 6.17. The predicted molar refractivity (Wildman–Crippen MR) is 53.5 cm³/mol. The Hall–Kier alpha value is -1.01. The van der Waals surface area contributed by atoms with E-state index < -0.39 is 25.4 Å². The molecule has 17 heavy (non-hydrogen) atoms. The summed E-state index contributed by atoms with van der Waals surface area (Å²) < 4.78 is 57.1. The van der Waals surface area contributed by atoms with Crippen molar-refractivity contribution in [2.45, 2.75) is 12.1 Å². The minimum Gasteiger partial charge on any atom is -0.467 e. The monoisotopic (exact) mass is 272 g/mol. The van der Waals surface area contributed by atoms with Crippen LogP contribution in [-0.4, -0.2) is 19.6 Å². The maximum absolute atomic E-state index is 12.8. The molecule has 1 aromatic carbocycles. The maximum Gasteiger partial charge on any atom is 0.411 e. The van der Waals surface area contributed by atoms with Crippen molar-refractivity contribution in [2.24, 2.45) is 0 Å². The van der Waals surface area contributed by atoms with E-state index in [1.54, 1.807) is 0 Å². The quantitative estimate of drug-likeness (QED) is 0.354. The van der Waals surface area contributed by atoms with Gasteiger partial charge in [-0.05, 0) is 18.2 Å². The van der Waals surface area contributed by atoms with E-state index in [0.717, 1.165) is 12.1 Å². The van der Waals surface area contributed by atoms with Crippen LogP contribution in [0.25, 0.3) is 0 Å². The van der Waals surface area contributed by atoms with Crippen molar-refractivity contribution >= 4 is 11.6 Å². The minimum atomic E-state index is -4.40. The molecule has 0 fully saturated rings. The Labute approximate surface area is 100 Å². The summed E-state index contributed by atoms with van der Waals surface area (Å²) in [5.74, 6) is -0.306. The second kappa shape index (κ2) is 6.07. The fourth-order valence-electron chi connectivity index (χ4n) is 1.06. The van der Waals surface area contributed by atoms with E-state index in [1.165, 1.54) is 6.07 Å². The van der Waals surface area contributed by atoms with E-state index in [9.17, 15) is 17.6 Å². The molecule has 0 aliphatic rings. The van der Waals surface area contributed by atoms with Crippen LogP contribution in [0.3, 0.4) is 0 Å². The first-order valence-corrected chi connectivity index (χ1v) is 5.07. The van der Waals surface area contributed by atoms with Crippen molar-refractivity contribution in [2.75, 3.05) is 13.4 Å². The van der Waals surface area contributed by atoms with Gasteiger partial charge in [0.05, 0.1) is 5.88 Å². The molecule has 1 aromatic rings. The number of hydrogen-bond donors (Lipinski definition) is 0. The lowest BCUT2D eigenvalue weighted by Crippen LogP contribution is -2.19. The van der Waals surface area contributed by atoms with Gasteiger partial charge in [-0.2, -0.15) is 13.2 Å². The Morgan fingerprint density at radius 1 is 1.24 bits per heavy atom. The number of alkyl halides is 4. The second-order valence-electron chi connectivity index (χ2n) is 3.11. The molecule has 1 rings (SSSR count). The third-order valence-electron chi connectivity index (χ3n) is 1.73. The zero-order chi connectivity index (χ0) is 12.9. The number of hydrogen-bond acceptors (Lipinski definition) is 2. The highest BCUT2D eigenvalue weighted by atomic mass is 35.5. The summed E-state index contributed by atoms with van der Waals surface area (Å²) in [5.41, 5.74) is 0.349. The van der Waals surface area contributed by atoms with E-state index in [-0.39, 0.29) is 11.6 Å². The Morgan fingerprint density at radius 3 is 2.53 bits per heavy atom. The van der Waals surface area contributed by atoms with E-state index in [2.05, 4.69) is 4.74 Å². The number of benzene rings is 1. The van der Waals surface area contributed by atoms with Crippen LogP contribution in [0.5, 0.6) is 5.75 Å². The highest BCUT2D eigenvalue weighted by Crippen LogP contribution is 2.22. The van der Waals surface area contributed by atoms with E-state index in [1.807, 2.05) is 0 Å². The third kappa shape index (κ3) is 5.23. The predicted octanol–water partition coefficient (Wildman–Crippen LogP) is 3.48. The SMILES string of the molecule is Fc1ccc(OCOCC(F)(F)F)c(CCl)c1. The summed E-state index contributed by atoms with van der Waals surface area (Å²) in [5, 5.41) is 0. The van der Waals surface area contributed by atoms with Gasteiger partial charge < -0.3 is 9.47 Å². The van der Waals surface area contributed by atoms with Crippen LogP contribution in [0.1, 0.15) is 5.56 Å². The standard InChI is InChI=1S/C10H9ClF4O2/c11-4-7-3-8(12)1-2-9(7)17-6-16-5-10(13,14)15/h1-3H,4-6H2. The number of halogens is 5. The van der Waals surface area contributed by atoms with Crippen LogP contribution in [-0.2, 0) is 10.6 Å². The van der Waals surface area contributed by atoms with Gasteiger partial charge in [0.1, 0.15) is 18.2 Å². The molecule has 0 aromatic heterocycles. The Kier molecular flexibility index (Phi) is 5.02. The molecule has 0 N–H and O–H groups in total. The van der Waals surface area contributed by atoms with Crippen LogP contribution in [0.4, 0.5) is 17.6 Å². The van der Waals surface area contributed by atoms with Crippen molar-refractivity contribution < 1.29 is 27.0 Å². The molecule has 0 saturated heterocycles. The van der Waals surface area contributed by atoms with Gasteiger partial charge in [-0.25, -0.2) is 4.39 Å². The fourth-order valence-corrected chi connectivity index (χ4v) is 1.26. The fraction of sp³-hybridized carbons (Fsp3) is 0.400. The van der Waals surface area contributed by atoms with Crippen molar-refractivity contribution in [3.8, 4) is 5.75 Å². The summed E-state index contributed by atoms with van der Waals surface area (Å²) >= 11 is 5.52. The topological polar surface area (TPSA) is 18.5 Å². The lowest BCUT2D eigenvalue weighted by molar-refractivity contribution is -0.186. The average molecular weight is 273 g/mol. The molecule has 0 amide bonds. The summed E-state index contributed by atoms with van der Waals surface area (Å²) in [4.78, 5) is 0. The molecule has 0 radical (unpaired) electrons. The van der Waals surface area contributed by atoms with Gasteiger partial charge in [-0.15, -0.1) is 11.6 Å². The van der Waals surface area contributed by atoms with Crippen LogP contribution in [0, 0.1) is 5.82 Å². The normalized spacial score (nSPS) is 11.6. The molecule has 2 nitrogen and oxygen atoms in total. The van der Waals surface area contributed by atoms with Crippen LogP contribution in [0.15, 0.2) is 18.2 Å². The molecular formula is C10H9ClF4O2. The first kappa shape index (κ1) is 14.1. The first-order chi connectivity index (χ1) is 7.92. The summed E-state index contributed by atoms with van der Waals surface area (Å²) in [6.45, 7) is -1.97. The molecular weight excluding hydrogens is 264 g/mol. The molecule has 0 bridgehead atoms. The zero-order valence-electron chi connectivity index (χ0n) is 8.56. The maximum atomic E-state index is 12.8. The zero-order valence-corrected chi connectivity index (χ0v) is 9.32. The molecule has 0 spiro atoms. The van der Waals surface area contributed by atoms with Gasteiger partial charge >= 0.3 is 6.18 Å². The van der Waals surface area contributed by atoms with Crippen LogP contribution in [0.2, 0.25) is 0 Å². The van der Waals surface area contributed by atoms with Crippen molar-refractivity contribution in [3.05, 3.63) is 29.6 Å². The Balaban J connectivity index is 2.46. The Morgan fingerprint density at radius 2 is 1.94 bits per heavy atom. The van der Waals surface area contributed by atoms with Crippen molar-refractivity contribution in [3.63, 3.8) is 0 Å². The summed E-state index contributed by atoms with van der Waals surface area (Å²) in [6.07, 6.45) is -4.40. The van der Waals surface area contributed by atoms with E-state index >= 15 is 0 Å². The van der Waals surface area contributed by atoms with Crippen molar-refractivity contribution in [1.29, 1.82) is 0 Å². The number of rotatable bonds is 5. The largest absolute Gasteiger partial charge is 0.467 e. The first-order valence-electron chi connectivity index (χ1n) is 4.54. The minimum absolute atomic E-state index is 0.00758. The van der Waals surface area contributed by atoms with Gasteiger partial charge in [0, 0.05) is 5.56 Å². The molecule has 0 aliphatic carbocycles. The molecule has 96 valence electrons. The summed E-state index contributed by atoms with van der Waals surface area (Å²) in [7, 11) is 0.